The van der Waals surface area contributed by atoms with Crippen LogP contribution in [-0.2, 0) is 11.3 Å². The Balaban J connectivity index is 1.86. The van der Waals surface area contributed by atoms with E-state index >= 15 is 0 Å². The molecule has 0 radical (unpaired) electrons. The Morgan fingerprint density at radius 1 is 1.12 bits per heavy atom. The second-order valence-corrected chi connectivity index (χ2v) is 6.64. The van der Waals surface area contributed by atoms with E-state index in [0.717, 1.165) is 22.2 Å². The van der Waals surface area contributed by atoms with Crippen LogP contribution in [0.25, 0.3) is 6.08 Å². The highest BCUT2D eigenvalue weighted by Gasteiger charge is 2.35. The van der Waals surface area contributed by atoms with Gasteiger partial charge in [0.05, 0.1) is 21.9 Å². The molecule has 0 spiro atoms. The molecule has 0 saturated carbocycles. The molecule has 1 aliphatic rings. The Morgan fingerprint density at radius 3 is 2.48 bits per heavy atom. The van der Waals surface area contributed by atoms with E-state index in [0.29, 0.717) is 5.02 Å². The molecule has 0 N–H and O–H groups in total. The average molecular weight is 375 g/mol. The number of nitrogens with zero attached hydrogens (tertiary/aromatic N) is 2. The lowest BCUT2D eigenvalue weighted by Gasteiger charge is -2.12. The van der Waals surface area contributed by atoms with Crippen LogP contribution in [0.5, 0.6) is 0 Å². The number of para-hydroxylation sites is 1. The van der Waals surface area contributed by atoms with Crippen LogP contribution >= 0.6 is 23.4 Å². The topological polar surface area (TPSA) is 80.5 Å². The number of halogens is 1. The highest BCUT2D eigenvalue weighted by molar-refractivity contribution is 8.18. The minimum atomic E-state index is -0.524. The predicted molar refractivity (Wildman–Crippen MR) is 96.1 cm³/mol. The van der Waals surface area contributed by atoms with Crippen LogP contribution in [0.3, 0.4) is 0 Å². The molecule has 3 rings (SSSR count). The molecule has 0 unspecified atom stereocenters. The van der Waals surface area contributed by atoms with E-state index in [2.05, 4.69) is 0 Å². The van der Waals surface area contributed by atoms with Gasteiger partial charge < -0.3 is 0 Å². The fourth-order valence-corrected chi connectivity index (χ4v) is 3.28. The van der Waals surface area contributed by atoms with E-state index in [1.165, 1.54) is 18.2 Å². The molecule has 0 atom stereocenters. The summed E-state index contributed by atoms with van der Waals surface area (Å²) in [6.45, 7) is 0.121. The molecular weight excluding hydrogens is 364 g/mol. The Hall–Kier alpha value is -2.64. The first-order valence-electron chi connectivity index (χ1n) is 7.19. The van der Waals surface area contributed by atoms with Gasteiger partial charge in [0.2, 0.25) is 0 Å². The molecule has 1 saturated heterocycles. The normalized spacial score (nSPS) is 15.9. The Morgan fingerprint density at radius 2 is 1.80 bits per heavy atom. The smallest absolute Gasteiger partial charge is 0.268 e. The summed E-state index contributed by atoms with van der Waals surface area (Å²) in [6.07, 6.45) is 1.38. The third-order valence-electron chi connectivity index (χ3n) is 3.55. The Bertz CT molecular complexity index is 896. The number of nitro groups is 1. The van der Waals surface area contributed by atoms with Crippen molar-refractivity contribution in [1.82, 2.24) is 4.90 Å². The van der Waals surface area contributed by atoms with Crippen molar-refractivity contribution in [3.8, 4) is 0 Å². The number of carbonyl (C=O) groups excluding carboxylic acids is 2. The summed E-state index contributed by atoms with van der Waals surface area (Å²) < 4.78 is 0. The van der Waals surface area contributed by atoms with Crippen molar-refractivity contribution in [2.24, 2.45) is 0 Å². The van der Waals surface area contributed by atoms with E-state index in [-0.39, 0.29) is 22.7 Å². The summed E-state index contributed by atoms with van der Waals surface area (Å²) >= 11 is 6.59. The molecule has 0 aromatic heterocycles. The first kappa shape index (κ1) is 17.2. The SMILES string of the molecule is O=C1S/C(=C\c2ccccc2[N+](=O)[O-])C(=O)N1Cc1ccc(Cl)cc1. The standard InChI is InChI=1S/C17H11ClN2O4S/c18-13-7-5-11(6-8-13)10-19-16(21)15(25-17(19)22)9-12-3-1-2-4-14(12)20(23)24/h1-9H,10H2/b15-9-. The summed E-state index contributed by atoms with van der Waals surface area (Å²) in [7, 11) is 0. The lowest BCUT2D eigenvalue weighted by atomic mass is 10.1. The number of carbonyl (C=O) groups is 2. The molecular formula is C17H11ClN2O4S. The third kappa shape index (κ3) is 3.72. The van der Waals surface area contributed by atoms with Gasteiger partial charge in [0.25, 0.3) is 16.8 Å². The van der Waals surface area contributed by atoms with Crippen molar-refractivity contribution in [2.45, 2.75) is 6.54 Å². The van der Waals surface area contributed by atoms with Crippen LogP contribution in [0.15, 0.2) is 53.4 Å². The van der Waals surface area contributed by atoms with Crippen LogP contribution in [-0.4, -0.2) is 21.0 Å². The number of thioether (sulfide) groups is 1. The second kappa shape index (κ2) is 7.08. The van der Waals surface area contributed by atoms with E-state index in [9.17, 15) is 19.7 Å². The fourth-order valence-electron chi connectivity index (χ4n) is 2.33. The lowest BCUT2D eigenvalue weighted by Crippen LogP contribution is -2.27. The minimum Gasteiger partial charge on any atom is -0.268 e. The largest absolute Gasteiger partial charge is 0.293 e. The van der Waals surface area contributed by atoms with Gasteiger partial charge in [-0.05, 0) is 41.6 Å². The molecule has 1 fully saturated rings. The number of imide groups is 1. The van der Waals surface area contributed by atoms with Crippen molar-refractivity contribution < 1.29 is 14.5 Å². The van der Waals surface area contributed by atoms with Crippen molar-refractivity contribution in [1.29, 1.82) is 0 Å². The van der Waals surface area contributed by atoms with E-state index in [1.807, 2.05) is 0 Å². The number of amides is 2. The highest BCUT2D eigenvalue weighted by Crippen LogP contribution is 2.34. The Kier molecular flexibility index (Phi) is 4.87. The number of benzene rings is 2. The number of hydrogen-bond acceptors (Lipinski definition) is 5. The zero-order chi connectivity index (χ0) is 18.0. The second-order valence-electron chi connectivity index (χ2n) is 5.21. The molecule has 2 aromatic carbocycles. The molecule has 0 bridgehead atoms. The zero-order valence-electron chi connectivity index (χ0n) is 12.7. The van der Waals surface area contributed by atoms with Gasteiger partial charge >= 0.3 is 0 Å². The van der Waals surface area contributed by atoms with Crippen molar-refractivity contribution >= 4 is 46.3 Å². The first-order valence-corrected chi connectivity index (χ1v) is 8.38. The van der Waals surface area contributed by atoms with Gasteiger partial charge in [0, 0.05) is 11.1 Å². The van der Waals surface area contributed by atoms with Crippen molar-refractivity contribution in [3.05, 3.63) is 79.7 Å². The maximum atomic E-state index is 12.5. The lowest BCUT2D eigenvalue weighted by molar-refractivity contribution is -0.385. The maximum Gasteiger partial charge on any atom is 0.293 e. The number of nitro benzene ring substituents is 1. The molecule has 1 aliphatic heterocycles. The quantitative estimate of drug-likeness (QED) is 0.447. The fraction of sp³-hybridized carbons (Fsp3) is 0.0588. The van der Waals surface area contributed by atoms with Gasteiger partial charge in [0.15, 0.2) is 0 Å². The van der Waals surface area contributed by atoms with E-state index in [1.54, 1.807) is 36.4 Å². The van der Waals surface area contributed by atoms with Crippen LogP contribution in [0.2, 0.25) is 5.02 Å². The molecule has 25 heavy (non-hydrogen) atoms. The number of rotatable bonds is 4. The van der Waals surface area contributed by atoms with Crippen LogP contribution in [0, 0.1) is 10.1 Å². The van der Waals surface area contributed by atoms with Crippen LogP contribution in [0.4, 0.5) is 10.5 Å². The zero-order valence-corrected chi connectivity index (χ0v) is 14.3. The Labute approximate surface area is 152 Å². The third-order valence-corrected chi connectivity index (χ3v) is 4.71. The summed E-state index contributed by atoms with van der Waals surface area (Å²) in [4.78, 5) is 36.4. The number of hydrogen-bond donors (Lipinski definition) is 0. The molecule has 2 amide bonds. The first-order chi connectivity index (χ1) is 12.0. The minimum absolute atomic E-state index is 0.119. The van der Waals surface area contributed by atoms with Gasteiger partial charge in [-0.1, -0.05) is 35.9 Å². The van der Waals surface area contributed by atoms with Gasteiger partial charge in [-0.3, -0.25) is 24.6 Å². The molecule has 0 aliphatic carbocycles. The summed E-state index contributed by atoms with van der Waals surface area (Å²) in [6, 6.07) is 12.9. The monoisotopic (exact) mass is 374 g/mol. The van der Waals surface area contributed by atoms with E-state index in [4.69, 9.17) is 11.6 Å². The van der Waals surface area contributed by atoms with Crippen molar-refractivity contribution in [3.63, 3.8) is 0 Å². The van der Waals surface area contributed by atoms with E-state index < -0.39 is 16.1 Å². The predicted octanol–water partition coefficient (Wildman–Crippen LogP) is 4.48. The van der Waals surface area contributed by atoms with Crippen LogP contribution < -0.4 is 0 Å². The van der Waals surface area contributed by atoms with Gasteiger partial charge in [0.1, 0.15) is 0 Å². The molecule has 6 nitrogen and oxygen atoms in total. The summed E-state index contributed by atoms with van der Waals surface area (Å²) in [5.74, 6) is -0.469. The summed E-state index contributed by atoms with van der Waals surface area (Å²) in [5, 5.41) is 11.2. The van der Waals surface area contributed by atoms with Gasteiger partial charge in [-0.2, -0.15) is 0 Å². The molecule has 1 heterocycles. The van der Waals surface area contributed by atoms with Gasteiger partial charge in [-0.25, -0.2) is 0 Å². The van der Waals surface area contributed by atoms with Crippen LogP contribution in [0.1, 0.15) is 11.1 Å². The highest BCUT2D eigenvalue weighted by atomic mass is 35.5. The average Bonchev–Trinajstić information content (AvgIpc) is 2.84. The molecule has 8 heteroatoms. The summed E-state index contributed by atoms with van der Waals surface area (Å²) in [5.41, 5.74) is 0.926. The molecule has 2 aromatic rings. The molecule has 126 valence electrons. The maximum absolute atomic E-state index is 12.5. The van der Waals surface area contributed by atoms with Crippen molar-refractivity contribution in [2.75, 3.05) is 0 Å². The van der Waals surface area contributed by atoms with Gasteiger partial charge in [-0.15, -0.1) is 0 Å².